The highest BCUT2D eigenvalue weighted by molar-refractivity contribution is 5.77. The van der Waals surface area contributed by atoms with Crippen LogP contribution in [0.2, 0.25) is 0 Å². The first-order valence-electron chi connectivity index (χ1n) is 8.64. The zero-order valence-electron chi connectivity index (χ0n) is 14.6. The number of imidazole rings is 1. The Hall–Kier alpha value is -2.83. The second-order valence-corrected chi connectivity index (χ2v) is 6.64. The Labute approximate surface area is 147 Å². The van der Waals surface area contributed by atoms with Crippen molar-refractivity contribution in [3.63, 3.8) is 0 Å². The van der Waals surface area contributed by atoms with Crippen LogP contribution in [-0.2, 0) is 0 Å². The molecule has 1 aliphatic rings. The number of hydrogen-bond donors (Lipinski definition) is 2. The Bertz CT molecular complexity index is 816. The molecule has 1 saturated heterocycles. The molecule has 0 spiro atoms. The molecule has 0 radical (unpaired) electrons. The van der Waals surface area contributed by atoms with Crippen LogP contribution >= 0.6 is 0 Å². The van der Waals surface area contributed by atoms with Gasteiger partial charge in [0.15, 0.2) is 0 Å². The molecule has 0 bridgehead atoms. The van der Waals surface area contributed by atoms with E-state index in [0.29, 0.717) is 6.04 Å². The van der Waals surface area contributed by atoms with Crippen LogP contribution < -0.4 is 15.1 Å². The zero-order valence-corrected chi connectivity index (χ0v) is 14.6. The van der Waals surface area contributed by atoms with Crippen LogP contribution in [-0.4, -0.2) is 53.2 Å². The van der Waals surface area contributed by atoms with Crippen molar-refractivity contribution in [2.24, 2.45) is 0 Å². The fourth-order valence-electron chi connectivity index (χ4n) is 3.20. The molecule has 4 rings (SSSR count). The average Bonchev–Trinajstić information content (AvgIpc) is 3.07. The Morgan fingerprint density at radius 1 is 1.16 bits per heavy atom. The van der Waals surface area contributed by atoms with Crippen LogP contribution in [0.1, 0.15) is 12.8 Å². The van der Waals surface area contributed by atoms with Crippen LogP contribution in [0.3, 0.4) is 0 Å². The fourth-order valence-corrected chi connectivity index (χ4v) is 3.20. The molecule has 0 aliphatic carbocycles. The summed E-state index contributed by atoms with van der Waals surface area (Å²) in [6.45, 7) is 1.95. The molecule has 1 aliphatic heterocycles. The predicted molar refractivity (Wildman–Crippen MR) is 101 cm³/mol. The topological polar surface area (TPSA) is 73.0 Å². The molecule has 130 valence electrons. The number of aromatic amines is 1. The van der Waals surface area contributed by atoms with Gasteiger partial charge >= 0.3 is 0 Å². The molecule has 0 atom stereocenters. The number of hydrogen-bond acceptors (Lipinski definition) is 6. The SMILES string of the molecule is CN(C)c1cc(NC2CCN(c3nc4ccccc4[nH]3)CC2)ncn1. The number of nitrogens with zero attached hydrogens (tertiary/aromatic N) is 5. The van der Waals surface area contributed by atoms with Gasteiger partial charge in [0.2, 0.25) is 5.95 Å². The normalized spacial score (nSPS) is 15.5. The Morgan fingerprint density at radius 3 is 2.72 bits per heavy atom. The van der Waals surface area contributed by atoms with Gasteiger partial charge in [0.1, 0.15) is 18.0 Å². The number of nitrogens with one attached hydrogen (secondary N) is 2. The summed E-state index contributed by atoms with van der Waals surface area (Å²) in [7, 11) is 3.97. The summed E-state index contributed by atoms with van der Waals surface area (Å²) in [5, 5.41) is 3.54. The van der Waals surface area contributed by atoms with Crippen LogP contribution in [0.25, 0.3) is 11.0 Å². The molecule has 7 heteroatoms. The van der Waals surface area contributed by atoms with Gasteiger partial charge in [-0.25, -0.2) is 15.0 Å². The summed E-state index contributed by atoms with van der Waals surface area (Å²) in [4.78, 5) is 21.0. The molecule has 2 aromatic heterocycles. The first kappa shape index (κ1) is 15.7. The van der Waals surface area contributed by atoms with E-state index in [4.69, 9.17) is 4.98 Å². The summed E-state index contributed by atoms with van der Waals surface area (Å²) in [6.07, 6.45) is 3.72. The highest BCUT2D eigenvalue weighted by Gasteiger charge is 2.21. The average molecular weight is 337 g/mol. The quantitative estimate of drug-likeness (QED) is 0.762. The van der Waals surface area contributed by atoms with Gasteiger partial charge in [-0.05, 0) is 25.0 Å². The highest BCUT2D eigenvalue weighted by atomic mass is 15.3. The van der Waals surface area contributed by atoms with E-state index >= 15 is 0 Å². The van der Waals surface area contributed by atoms with Gasteiger partial charge in [-0.1, -0.05) is 12.1 Å². The zero-order chi connectivity index (χ0) is 17.2. The van der Waals surface area contributed by atoms with Crippen molar-refractivity contribution in [3.8, 4) is 0 Å². The largest absolute Gasteiger partial charge is 0.367 e. The standard InChI is InChI=1S/C18H23N7/c1-24(2)17-11-16(19-12-20-17)21-13-7-9-25(10-8-13)18-22-14-5-3-4-6-15(14)23-18/h3-6,11-13H,7-10H2,1-2H3,(H,22,23)(H,19,20,21). The van der Waals surface area contributed by atoms with E-state index in [1.165, 1.54) is 0 Å². The van der Waals surface area contributed by atoms with Gasteiger partial charge in [-0.15, -0.1) is 0 Å². The van der Waals surface area contributed by atoms with Crippen LogP contribution in [0.5, 0.6) is 0 Å². The van der Waals surface area contributed by atoms with Gasteiger partial charge < -0.3 is 20.1 Å². The van der Waals surface area contributed by atoms with Gasteiger partial charge in [0.05, 0.1) is 11.0 Å². The number of H-pyrrole nitrogens is 1. The number of rotatable bonds is 4. The maximum atomic E-state index is 4.70. The third-order valence-electron chi connectivity index (χ3n) is 4.63. The second-order valence-electron chi connectivity index (χ2n) is 6.64. The maximum absolute atomic E-state index is 4.70. The highest BCUT2D eigenvalue weighted by Crippen LogP contribution is 2.22. The van der Waals surface area contributed by atoms with Crippen LogP contribution in [0, 0.1) is 0 Å². The number of piperidine rings is 1. The molecule has 3 aromatic rings. The lowest BCUT2D eigenvalue weighted by atomic mass is 10.1. The molecule has 1 aromatic carbocycles. The third-order valence-corrected chi connectivity index (χ3v) is 4.63. The minimum atomic E-state index is 0.422. The van der Waals surface area contributed by atoms with Crippen molar-refractivity contribution in [1.82, 2.24) is 19.9 Å². The second kappa shape index (κ2) is 6.58. The van der Waals surface area contributed by atoms with Crippen molar-refractivity contribution in [2.45, 2.75) is 18.9 Å². The molecule has 0 saturated carbocycles. The monoisotopic (exact) mass is 337 g/mol. The molecule has 7 nitrogen and oxygen atoms in total. The van der Waals surface area contributed by atoms with Crippen molar-refractivity contribution < 1.29 is 0 Å². The molecule has 0 unspecified atom stereocenters. The minimum absolute atomic E-state index is 0.422. The van der Waals surface area contributed by atoms with E-state index in [9.17, 15) is 0 Å². The summed E-state index contributed by atoms with van der Waals surface area (Å²) in [6, 6.07) is 10.6. The van der Waals surface area contributed by atoms with E-state index in [1.807, 2.05) is 43.3 Å². The van der Waals surface area contributed by atoms with Crippen LogP contribution in [0.15, 0.2) is 36.7 Å². The Balaban J connectivity index is 1.39. The summed E-state index contributed by atoms with van der Waals surface area (Å²) >= 11 is 0. The summed E-state index contributed by atoms with van der Waals surface area (Å²) in [5.74, 6) is 2.77. The molecular formula is C18H23N7. The van der Waals surface area contributed by atoms with E-state index in [2.05, 4.69) is 31.2 Å². The molecule has 2 N–H and O–H groups in total. The van der Waals surface area contributed by atoms with Gasteiger partial charge in [0, 0.05) is 39.3 Å². The number of fused-ring (bicyclic) bond motifs is 1. The smallest absolute Gasteiger partial charge is 0.203 e. The molecule has 25 heavy (non-hydrogen) atoms. The minimum Gasteiger partial charge on any atom is -0.367 e. The number of benzene rings is 1. The van der Waals surface area contributed by atoms with Gasteiger partial charge in [-0.3, -0.25) is 0 Å². The number of para-hydroxylation sites is 2. The third kappa shape index (κ3) is 3.35. The number of aromatic nitrogens is 4. The van der Waals surface area contributed by atoms with E-state index in [1.54, 1.807) is 6.33 Å². The summed E-state index contributed by atoms with van der Waals surface area (Å²) < 4.78 is 0. The van der Waals surface area contributed by atoms with E-state index in [-0.39, 0.29) is 0 Å². The molecule has 0 amide bonds. The van der Waals surface area contributed by atoms with Gasteiger partial charge in [-0.2, -0.15) is 0 Å². The lowest BCUT2D eigenvalue weighted by Crippen LogP contribution is -2.39. The predicted octanol–water partition coefficient (Wildman–Crippen LogP) is 2.50. The van der Waals surface area contributed by atoms with Gasteiger partial charge in [0.25, 0.3) is 0 Å². The van der Waals surface area contributed by atoms with Crippen molar-refractivity contribution >= 4 is 28.6 Å². The van der Waals surface area contributed by atoms with Crippen LogP contribution in [0.4, 0.5) is 17.6 Å². The van der Waals surface area contributed by atoms with E-state index in [0.717, 1.165) is 54.5 Å². The lowest BCUT2D eigenvalue weighted by Gasteiger charge is -2.32. The maximum Gasteiger partial charge on any atom is 0.203 e. The Kier molecular flexibility index (Phi) is 4.13. The summed E-state index contributed by atoms with van der Waals surface area (Å²) in [5.41, 5.74) is 2.12. The fraction of sp³-hybridized carbons (Fsp3) is 0.389. The first-order chi connectivity index (χ1) is 12.2. The first-order valence-corrected chi connectivity index (χ1v) is 8.64. The number of anilines is 3. The molecule has 1 fully saturated rings. The molecular weight excluding hydrogens is 314 g/mol. The Morgan fingerprint density at radius 2 is 1.96 bits per heavy atom. The van der Waals surface area contributed by atoms with Crippen molar-refractivity contribution in [2.75, 3.05) is 42.3 Å². The van der Waals surface area contributed by atoms with E-state index < -0.39 is 0 Å². The van der Waals surface area contributed by atoms with Crippen molar-refractivity contribution in [1.29, 1.82) is 0 Å². The molecule has 3 heterocycles. The lowest BCUT2D eigenvalue weighted by molar-refractivity contribution is 0.520. The van der Waals surface area contributed by atoms with Crippen molar-refractivity contribution in [3.05, 3.63) is 36.7 Å².